The van der Waals surface area contributed by atoms with E-state index in [1.807, 2.05) is 30.3 Å². The van der Waals surface area contributed by atoms with Crippen molar-refractivity contribution in [1.29, 1.82) is 0 Å². The molecule has 1 amide bonds. The standard InChI is InChI=1S/C29H31N3O4S/c1-31-23-12-5-4-10-21(23)26-24(29(31)34)25(36-18-15-32-13-16-35-17-14-32)27(37-26)28(33)30-22-11-6-8-19-7-2-3-9-20(19)22/h2-5,7,9-10,12,22H,6,8,11,13-18H2,1H3,(H,30,33). The number of rotatable bonds is 6. The van der Waals surface area contributed by atoms with Crippen molar-refractivity contribution in [3.8, 4) is 5.75 Å². The van der Waals surface area contributed by atoms with Gasteiger partial charge in [-0.15, -0.1) is 11.3 Å². The first-order valence-corrected chi connectivity index (χ1v) is 13.8. The number of thiophene rings is 1. The number of hydrogen-bond acceptors (Lipinski definition) is 6. The molecule has 1 unspecified atom stereocenters. The molecule has 192 valence electrons. The van der Waals surface area contributed by atoms with Crippen molar-refractivity contribution in [3.63, 3.8) is 0 Å². The summed E-state index contributed by atoms with van der Waals surface area (Å²) in [6.45, 7) is 4.25. The van der Waals surface area contributed by atoms with E-state index in [-0.39, 0.29) is 17.5 Å². The topological polar surface area (TPSA) is 72.8 Å². The maximum atomic E-state index is 13.8. The van der Waals surface area contributed by atoms with Crippen LogP contribution in [0.5, 0.6) is 5.75 Å². The second-order valence-electron chi connectivity index (χ2n) is 9.77. The zero-order chi connectivity index (χ0) is 25.4. The van der Waals surface area contributed by atoms with Gasteiger partial charge in [-0.3, -0.25) is 14.5 Å². The molecule has 2 aromatic heterocycles. The monoisotopic (exact) mass is 517 g/mol. The summed E-state index contributed by atoms with van der Waals surface area (Å²) in [5.74, 6) is 0.219. The fourth-order valence-corrected chi connectivity index (χ4v) is 6.73. The van der Waals surface area contributed by atoms with Gasteiger partial charge in [0.25, 0.3) is 11.5 Å². The molecule has 0 spiro atoms. The minimum Gasteiger partial charge on any atom is -0.490 e. The lowest BCUT2D eigenvalue weighted by atomic mass is 9.88. The quantitative estimate of drug-likeness (QED) is 0.414. The number of benzene rings is 2. The van der Waals surface area contributed by atoms with Crippen molar-refractivity contribution in [3.05, 3.63) is 74.9 Å². The molecular weight excluding hydrogens is 486 g/mol. The number of pyridine rings is 1. The second-order valence-corrected chi connectivity index (χ2v) is 10.8. The van der Waals surface area contributed by atoms with Gasteiger partial charge in [0, 0.05) is 32.1 Å². The average Bonchev–Trinajstić information content (AvgIpc) is 3.32. The molecule has 1 N–H and O–H groups in total. The molecule has 37 heavy (non-hydrogen) atoms. The Morgan fingerprint density at radius 3 is 2.78 bits per heavy atom. The van der Waals surface area contributed by atoms with Crippen LogP contribution in [0.15, 0.2) is 53.3 Å². The molecule has 2 aliphatic rings. The summed E-state index contributed by atoms with van der Waals surface area (Å²) in [5.41, 5.74) is 3.17. The normalized spacial score (nSPS) is 18.1. The summed E-state index contributed by atoms with van der Waals surface area (Å²) in [6, 6.07) is 16.1. The van der Waals surface area contributed by atoms with Gasteiger partial charge in [0.15, 0.2) is 5.75 Å². The molecule has 0 bridgehead atoms. The van der Waals surface area contributed by atoms with Gasteiger partial charge in [-0.25, -0.2) is 0 Å². The number of ether oxygens (including phenoxy) is 2. The Bertz CT molecular complexity index is 1520. The number of carbonyl (C=O) groups excluding carboxylic acids is 1. The Morgan fingerprint density at radius 2 is 1.92 bits per heavy atom. The third kappa shape index (κ3) is 4.54. The lowest BCUT2D eigenvalue weighted by Crippen LogP contribution is -2.38. The number of nitrogens with one attached hydrogen (secondary N) is 1. The molecule has 3 heterocycles. The summed E-state index contributed by atoms with van der Waals surface area (Å²) in [7, 11) is 1.78. The number of aryl methyl sites for hydroxylation is 2. The van der Waals surface area contributed by atoms with E-state index in [4.69, 9.17) is 9.47 Å². The summed E-state index contributed by atoms with van der Waals surface area (Å²) < 4.78 is 14.2. The number of hydrogen-bond donors (Lipinski definition) is 1. The van der Waals surface area contributed by atoms with Crippen LogP contribution in [0.2, 0.25) is 0 Å². The number of fused-ring (bicyclic) bond motifs is 4. The minimum absolute atomic E-state index is 0.0524. The van der Waals surface area contributed by atoms with E-state index in [0.29, 0.717) is 42.4 Å². The van der Waals surface area contributed by atoms with E-state index in [2.05, 4.69) is 28.4 Å². The maximum absolute atomic E-state index is 13.8. The fraction of sp³-hybridized carbons (Fsp3) is 0.379. The van der Waals surface area contributed by atoms with Crippen molar-refractivity contribution in [2.45, 2.75) is 25.3 Å². The number of morpholine rings is 1. The molecule has 1 atom stereocenters. The van der Waals surface area contributed by atoms with Gasteiger partial charge in [-0.2, -0.15) is 0 Å². The van der Waals surface area contributed by atoms with Crippen molar-refractivity contribution >= 4 is 38.2 Å². The number of aromatic nitrogens is 1. The van der Waals surface area contributed by atoms with E-state index in [0.717, 1.165) is 48.0 Å². The van der Waals surface area contributed by atoms with Crippen LogP contribution in [0.1, 0.15) is 39.7 Å². The van der Waals surface area contributed by atoms with Crippen molar-refractivity contribution in [2.24, 2.45) is 7.05 Å². The first-order valence-electron chi connectivity index (χ1n) is 13.0. The van der Waals surface area contributed by atoms with Crippen molar-refractivity contribution in [2.75, 3.05) is 39.5 Å². The van der Waals surface area contributed by atoms with Crippen LogP contribution >= 0.6 is 11.3 Å². The molecular formula is C29H31N3O4S. The van der Waals surface area contributed by atoms with E-state index in [9.17, 15) is 9.59 Å². The average molecular weight is 518 g/mol. The SMILES string of the molecule is Cn1c(=O)c2c(OCCN3CCOCC3)c(C(=O)NC3CCCc4ccccc43)sc2c2ccccc21. The highest BCUT2D eigenvalue weighted by Gasteiger charge is 2.28. The lowest BCUT2D eigenvalue weighted by Gasteiger charge is -2.27. The molecule has 8 heteroatoms. The Kier molecular flexibility index (Phi) is 6.71. The van der Waals surface area contributed by atoms with Crippen molar-refractivity contribution < 1.29 is 14.3 Å². The summed E-state index contributed by atoms with van der Waals surface area (Å²) in [6.07, 6.45) is 2.96. The van der Waals surface area contributed by atoms with E-state index in [1.54, 1.807) is 11.6 Å². The Balaban J connectivity index is 1.39. The van der Waals surface area contributed by atoms with Crippen LogP contribution in [0.25, 0.3) is 21.0 Å². The predicted molar refractivity (Wildman–Crippen MR) is 147 cm³/mol. The van der Waals surface area contributed by atoms with Crippen LogP contribution in [-0.2, 0) is 18.2 Å². The molecule has 0 radical (unpaired) electrons. The Morgan fingerprint density at radius 1 is 1.14 bits per heavy atom. The number of carbonyl (C=O) groups is 1. The van der Waals surface area contributed by atoms with E-state index < -0.39 is 0 Å². The molecule has 1 fully saturated rings. The highest BCUT2D eigenvalue weighted by atomic mass is 32.1. The minimum atomic E-state index is -0.185. The number of amides is 1. The van der Waals surface area contributed by atoms with Gasteiger partial charge < -0.3 is 19.4 Å². The zero-order valence-corrected chi connectivity index (χ0v) is 21.8. The largest absolute Gasteiger partial charge is 0.490 e. The van der Waals surface area contributed by atoms with Crippen LogP contribution < -0.4 is 15.6 Å². The third-order valence-corrected chi connectivity index (χ3v) is 8.73. The first kappa shape index (κ1) is 24.2. The van der Waals surface area contributed by atoms with Gasteiger partial charge in [0.1, 0.15) is 16.9 Å². The summed E-state index contributed by atoms with van der Waals surface area (Å²) in [4.78, 5) is 30.1. The fourth-order valence-electron chi connectivity index (χ4n) is 5.55. The molecule has 7 nitrogen and oxygen atoms in total. The molecule has 1 aliphatic heterocycles. The van der Waals surface area contributed by atoms with Crippen LogP contribution in [0.4, 0.5) is 0 Å². The first-order chi connectivity index (χ1) is 18.1. The second kappa shape index (κ2) is 10.3. The van der Waals surface area contributed by atoms with E-state index in [1.165, 1.54) is 22.5 Å². The Labute approximate surface area is 219 Å². The molecule has 4 aromatic rings. The van der Waals surface area contributed by atoms with E-state index >= 15 is 0 Å². The van der Waals surface area contributed by atoms with Gasteiger partial charge in [0.05, 0.1) is 29.5 Å². The molecule has 6 rings (SSSR count). The van der Waals surface area contributed by atoms with Gasteiger partial charge in [0.2, 0.25) is 0 Å². The molecule has 1 saturated heterocycles. The van der Waals surface area contributed by atoms with Crippen LogP contribution in [0.3, 0.4) is 0 Å². The maximum Gasteiger partial charge on any atom is 0.265 e. The zero-order valence-electron chi connectivity index (χ0n) is 21.0. The highest BCUT2D eigenvalue weighted by molar-refractivity contribution is 7.22. The van der Waals surface area contributed by atoms with Crippen LogP contribution in [0, 0.1) is 0 Å². The summed E-state index contributed by atoms with van der Waals surface area (Å²) in [5, 5.41) is 4.71. The Hall–Kier alpha value is -3.20. The summed E-state index contributed by atoms with van der Waals surface area (Å²) >= 11 is 1.36. The van der Waals surface area contributed by atoms with Crippen molar-refractivity contribution in [1.82, 2.24) is 14.8 Å². The molecule has 2 aromatic carbocycles. The van der Waals surface area contributed by atoms with Gasteiger partial charge >= 0.3 is 0 Å². The predicted octanol–water partition coefficient (Wildman–Crippen LogP) is 4.27. The number of nitrogens with zero attached hydrogens (tertiary/aromatic N) is 2. The van der Waals surface area contributed by atoms with Gasteiger partial charge in [-0.1, -0.05) is 42.5 Å². The van der Waals surface area contributed by atoms with Gasteiger partial charge in [-0.05, 0) is 36.5 Å². The third-order valence-electron chi connectivity index (χ3n) is 7.53. The molecule has 0 saturated carbocycles. The molecule has 1 aliphatic carbocycles. The van der Waals surface area contributed by atoms with Crippen LogP contribution in [-0.4, -0.2) is 54.8 Å². The number of para-hydroxylation sites is 1. The smallest absolute Gasteiger partial charge is 0.265 e. The lowest BCUT2D eigenvalue weighted by molar-refractivity contribution is 0.0323. The highest BCUT2D eigenvalue weighted by Crippen LogP contribution is 2.40.